The van der Waals surface area contributed by atoms with Crippen molar-refractivity contribution in [1.82, 2.24) is 20.4 Å². The molecule has 1 amide bonds. The normalized spacial score (nSPS) is 12.0. The largest absolute Gasteiger partial charge is 0.496 e. The molecule has 2 aromatic carbocycles. The van der Waals surface area contributed by atoms with Gasteiger partial charge in [-0.2, -0.15) is 0 Å². The summed E-state index contributed by atoms with van der Waals surface area (Å²) in [7, 11) is 1.62. The monoisotopic (exact) mass is 442 g/mol. The van der Waals surface area contributed by atoms with E-state index in [1.54, 1.807) is 13.2 Å². The van der Waals surface area contributed by atoms with Gasteiger partial charge in [0, 0.05) is 5.56 Å². The Morgan fingerprint density at radius 1 is 1.19 bits per heavy atom. The lowest BCUT2D eigenvalue weighted by Gasteiger charge is -2.22. The van der Waals surface area contributed by atoms with Crippen molar-refractivity contribution in [1.29, 1.82) is 0 Å². The van der Waals surface area contributed by atoms with Gasteiger partial charge in [-0.1, -0.05) is 48.9 Å². The first-order chi connectivity index (χ1) is 15.0. The van der Waals surface area contributed by atoms with E-state index < -0.39 is 0 Å². The number of rotatable bonds is 10. The molecule has 0 saturated heterocycles. The number of hydrogen-bond donors (Lipinski definition) is 1. The van der Waals surface area contributed by atoms with Gasteiger partial charge >= 0.3 is 0 Å². The van der Waals surface area contributed by atoms with Gasteiger partial charge < -0.3 is 14.5 Å². The topological polar surface area (TPSA) is 80.5 Å². The fourth-order valence-electron chi connectivity index (χ4n) is 3.37. The summed E-state index contributed by atoms with van der Waals surface area (Å²) < 4.78 is 11.2. The summed E-state index contributed by atoms with van der Waals surface area (Å²) in [5.41, 5.74) is 1.62. The number of amides is 1. The van der Waals surface area contributed by atoms with Crippen LogP contribution in [-0.2, 0) is 11.3 Å². The van der Waals surface area contributed by atoms with Crippen molar-refractivity contribution in [3.8, 4) is 17.2 Å². The molecule has 0 saturated carbocycles. The van der Waals surface area contributed by atoms with Crippen LogP contribution in [0.15, 0.2) is 52.9 Å². The van der Waals surface area contributed by atoms with Gasteiger partial charge in [-0.25, -0.2) is 0 Å². The van der Waals surface area contributed by atoms with Gasteiger partial charge in [0.2, 0.25) is 17.7 Å². The van der Waals surface area contributed by atoms with Gasteiger partial charge in [0.25, 0.3) is 0 Å². The van der Waals surface area contributed by atoms with Crippen LogP contribution in [0.2, 0.25) is 5.02 Å². The van der Waals surface area contributed by atoms with Crippen molar-refractivity contribution in [2.75, 3.05) is 20.2 Å². The number of para-hydroxylation sites is 1. The van der Waals surface area contributed by atoms with Crippen LogP contribution in [-0.4, -0.2) is 41.2 Å². The average Bonchev–Trinajstić information content (AvgIpc) is 3.22. The van der Waals surface area contributed by atoms with E-state index in [1.807, 2.05) is 54.3 Å². The van der Waals surface area contributed by atoms with E-state index >= 15 is 0 Å². The molecule has 3 aromatic rings. The van der Waals surface area contributed by atoms with E-state index in [1.165, 1.54) is 0 Å². The number of nitrogens with zero attached hydrogens (tertiary/aromatic N) is 3. The van der Waals surface area contributed by atoms with Crippen LogP contribution in [0.5, 0.6) is 5.75 Å². The molecule has 0 aliphatic carbocycles. The molecule has 3 rings (SSSR count). The second-order valence-corrected chi connectivity index (χ2v) is 7.63. The third-order valence-electron chi connectivity index (χ3n) is 4.82. The van der Waals surface area contributed by atoms with Crippen molar-refractivity contribution in [3.05, 3.63) is 65.0 Å². The second-order valence-electron chi connectivity index (χ2n) is 7.22. The van der Waals surface area contributed by atoms with Gasteiger partial charge in [0.05, 0.1) is 36.8 Å². The smallest absolute Gasteiger partial charge is 0.249 e. The van der Waals surface area contributed by atoms with Crippen LogP contribution in [0.1, 0.15) is 37.8 Å². The summed E-state index contributed by atoms with van der Waals surface area (Å²) in [6.45, 7) is 5.32. The molecule has 0 fully saturated rings. The van der Waals surface area contributed by atoms with Crippen molar-refractivity contribution in [2.24, 2.45) is 0 Å². The van der Waals surface area contributed by atoms with Crippen LogP contribution in [0.3, 0.4) is 0 Å². The summed E-state index contributed by atoms with van der Waals surface area (Å²) >= 11 is 6.21. The summed E-state index contributed by atoms with van der Waals surface area (Å²) in [4.78, 5) is 14.7. The lowest BCUT2D eigenvalue weighted by atomic mass is 10.1. The summed E-state index contributed by atoms with van der Waals surface area (Å²) in [6, 6.07) is 14.8. The summed E-state index contributed by atoms with van der Waals surface area (Å²) in [5, 5.41) is 11.8. The predicted molar refractivity (Wildman–Crippen MR) is 120 cm³/mol. The van der Waals surface area contributed by atoms with Crippen LogP contribution in [0, 0.1) is 0 Å². The maximum atomic E-state index is 12.7. The molecule has 1 atom stereocenters. The molecule has 1 N–H and O–H groups in total. The number of methoxy groups -OCH3 is 1. The lowest BCUT2D eigenvalue weighted by molar-refractivity contribution is -0.123. The highest BCUT2D eigenvalue weighted by Gasteiger charge is 2.19. The van der Waals surface area contributed by atoms with Gasteiger partial charge in [0.1, 0.15) is 5.75 Å². The van der Waals surface area contributed by atoms with E-state index in [-0.39, 0.29) is 18.5 Å². The Morgan fingerprint density at radius 2 is 1.94 bits per heavy atom. The molecule has 0 radical (unpaired) electrons. The summed E-state index contributed by atoms with van der Waals surface area (Å²) in [6.07, 6.45) is 0.890. The lowest BCUT2D eigenvalue weighted by Crippen LogP contribution is -2.38. The fourth-order valence-corrected chi connectivity index (χ4v) is 3.59. The molecule has 0 aliphatic heterocycles. The van der Waals surface area contributed by atoms with Crippen molar-refractivity contribution < 1.29 is 13.9 Å². The molecule has 1 heterocycles. The Hall–Kier alpha value is -2.90. The molecule has 164 valence electrons. The zero-order valence-electron chi connectivity index (χ0n) is 18.0. The number of hydrogen-bond acceptors (Lipinski definition) is 6. The highest BCUT2D eigenvalue weighted by molar-refractivity contribution is 6.33. The van der Waals surface area contributed by atoms with E-state index in [0.717, 1.165) is 24.3 Å². The number of carbonyl (C=O) groups is 1. The molecule has 31 heavy (non-hydrogen) atoms. The van der Waals surface area contributed by atoms with Crippen LogP contribution < -0.4 is 10.1 Å². The Balaban J connectivity index is 1.63. The molecule has 7 nitrogen and oxygen atoms in total. The first kappa shape index (κ1) is 22.8. The number of nitrogens with one attached hydrogen (secondary N) is 1. The number of ether oxygens (including phenoxy) is 1. The Bertz CT molecular complexity index is 1010. The van der Waals surface area contributed by atoms with Gasteiger partial charge in [-0.05, 0) is 38.1 Å². The first-order valence-corrected chi connectivity index (χ1v) is 10.6. The Morgan fingerprint density at radius 3 is 2.68 bits per heavy atom. The SMILES string of the molecule is CCCN(CC(=O)NC(C)c1ccccc1OC)Cc1nnc(-c2ccccc2Cl)o1. The molecular weight excluding hydrogens is 416 g/mol. The van der Waals surface area contributed by atoms with E-state index in [4.69, 9.17) is 20.8 Å². The van der Waals surface area contributed by atoms with Gasteiger partial charge in [-0.3, -0.25) is 9.69 Å². The number of carbonyl (C=O) groups excluding carboxylic acids is 1. The molecule has 8 heteroatoms. The third kappa shape index (κ3) is 6.06. The van der Waals surface area contributed by atoms with Crippen molar-refractivity contribution in [3.63, 3.8) is 0 Å². The quantitative estimate of drug-likeness (QED) is 0.498. The van der Waals surface area contributed by atoms with Crippen LogP contribution >= 0.6 is 11.6 Å². The maximum Gasteiger partial charge on any atom is 0.249 e. The maximum absolute atomic E-state index is 12.7. The fraction of sp³-hybridized carbons (Fsp3) is 0.348. The molecule has 1 aromatic heterocycles. The number of aromatic nitrogens is 2. The van der Waals surface area contributed by atoms with Gasteiger partial charge in [-0.15, -0.1) is 10.2 Å². The van der Waals surface area contributed by atoms with Crippen molar-refractivity contribution in [2.45, 2.75) is 32.9 Å². The zero-order chi connectivity index (χ0) is 22.2. The molecule has 0 bridgehead atoms. The minimum Gasteiger partial charge on any atom is -0.496 e. The predicted octanol–water partition coefficient (Wildman–Crippen LogP) is 4.49. The minimum atomic E-state index is -0.178. The molecule has 0 aliphatic rings. The Labute approximate surface area is 187 Å². The second kappa shape index (κ2) is 10.9. The highest BCUT2D eigenvalue weighted by Crippen LogP contribution is 2.27. The van der Waals surface area contributed by atoms with Crippen molar-refractivity contribution >= 4 is 17.5 Å². The summed E-state index contributed by atoms with van der Waals surface area (Å²) in [5.74, 6) is 1.47. The van der Waals surface area contributed by atoms with Gasteiger partial charge in [0.15, 0.2) is 0 Å². The molecule has 0 spiro atoms. The number of halogens is 1. The minimum absolute atomic E-state index is 0.0855. The zero-order valence-corrected chi connectivity index (χ0v) is 18.7. The first-order valence-electron chi connectivity index (χ1n) is 10.2. The third-order valence-corrected chi connectivity index (χ3v) is 5.15. The van der Waals surface area contributed by atoms with E-state index in [9.17, 15) is 4.79 Å². The standard InChI is InChI=1S/C23H27ClN4O3/c1-4-13-28(14-21(29)25-16(2)17-9-6-8-12-20(17)30-3)15-22-26-27-23(31-22)18-10-5-7-11-19(18)24/h5-12,16H,4,13-15H2,1-3H3,(H,25,29). The number of benzene rings is 2. The molecular formula is C23H27ClN4O3. The van der Waals surface area contributed by atoms with E-state index in [0.29, 0.717) is 28.9 Å². The average molecular weight is 443 g/mol. The highest BCUT2D eigenvalue weighted by atomic mass is 35.5. The van der Waals surface area contributed by atoms with E-state index in [2.05, 4.69) is 22.4 Å². The van der Waals surface area contributed by atoms with Crippen LogP contribution in [0.4, 0.5) is 0 Å². The van der Waals surface area contributed by atoms with Crippen LogP contribution in [0.25, 0.3) is 11.5 Å². The Kier molecular flexibility index (Phi) is 8.03. The molecule has 1 unspecified atom stereocenters.